The van der Waals surface area contributed by atoms with Gasteiger partial charge in [0, 0.05) is 60.0 Å². The van der Waals surface area contributed by atoms with Gasteiger partial charge in [-0.1, -0.05) is 176 Å². The molecule has 0 aliphatic heterocycles. The van der Waals surface area contributed by atoms with Crippen molar-refractivity contribution in [2.45, 2.75) is 237 Å². The maximum atomic E-state index is 5.03. The average molecular weight is 1040 g/mol. The topological polar surface area (TPSA) is 207 Å². The molecule has 0 radical (unpaired) electrons. The number of hydrogen-bond acceptors (Lipinski definition) is 17. The minimum atomic E-state index is 0.329. The molecular formula is C57H93N13O3S. The Morgan fingerprint density at radius 3 is 1.15 bits per heavy atom. The van der Waals surface area contributed by atoms with Crippen LogP contribution in [0.1, 0.15) is 306 Å². The van der Waals surface area contributed by atoms with E-state index < -0.39 is 0 Å². The summed E-state index contributed by atoms with van der Waals surface area (Å²) in [6.07, 6.45) is 11.8. The van der Waals surface area contributed by atoms with Crippen molar-refractivity contribution in [1.29, 1.82) is 0 Å². The Morgan fingerprint density at radius 1 is 0.378 bits per heavy atom. The highest BCUT2D eigenvalue weighted by molar-refractivity contribution is 7.07. The van der Waals surface area contributed by atoms with Crippen LogP contribution in [0, 0.1) is 0 Å². The molecule has 0 unspecified atom stereocenters. The first-order valence-corrected chi connectivity index (χ1v) is 27.4. The minimum Gasteiger partial charge on any atom is -0.428 e. The van der Waals surface area contributed by atoms with Gasteiger partial charge >= 0.3 is 0 Å². The van der Waals surface area contributed by atoms with E-state index in [9.17, 15) is 0 Å². The zero-order chi connectivity index (χ0) is 56.2. The SMILES string of the molecule is CC(C)c1cnc(C(C)C)c(C(C)C)n1.CC(C)c1cncc(C(C)C)n1.CC(C)c1cscn1.CC(C)c1nccnc1C(C)C.CC(C)c1ncon1.CC(C)c1nnco1.CC(C)c1noc(C(C)C)n1. The van der Waals surface area contributed by atoms with Crippen molar-refractivity contribution in [3.8, 4) is 0 Å². The van der Waals surface area contributed by atoms with Crippen LogP contribution in [0.3, 0.4) is 0 Å². The molecule has 17 heteroatoms. The van der Waals surface area contributed by atoms with E-state index in [1.54, 1.807) is 23.7 Å². The van der Waals surface area contributed by atoms with Crippen LogP contribution < -0.4 is 0 Å². The molecule has 74 heavy (non-hydrogen) atoms. The molecule has 0 spiro atoms. The van der Waals surface area contributed by atoms with Crippen molar-refractivity contribution in [1.82, 2.24) is 65.4 Å². The number of nitrogens with zero attached hydrogens (tertiary/aromatic N) is 13. The summed E-state index contributed by atoms with van der Waals surface area (Å²) >= 11 is 1.66. The molecular weight excluding hydrogens is 947 g/mol. The first-order valence-electron chi connectivity index (χ1n) is 26.4. The smallest absolute Gasteiger partial charge is 0.229 e. The number of thiazole rings is 1. The molecule has 0 atom stereocenters. The largest absolute Gasteiger partial charge is 0.428 e. The predicted octanol–water partition coefficient (Wildman–Crippen LogP) is 16.3. The first kappa shape index (κ1) is 66.3. The van der Waals surface area contributed by atoms with Crippen LogP contribution in [0.5, 0.6) is 0 Å². The van der Waals surface area contributed by atoms with E-state index in [2.05, 4.69) is 195 Å². The second-order valence-electron chi connectivity index (χ2n) is 21.6. The summed E-state index contributed by atoms with van der Waals surface area (Å²) < 4.78 is 14.4. The van der Waals surface area contributed by atoms with Gasteiger partial charge in [0.15, 0.2) is 11.6 Å². The highest BCUT2D eigenvalue weighted by atomic mass is 32.1. The van der Waals surface area contributed by atoms with Gasteiger partial charge in [-0.25, -0.2) is 4.98 Å². The van der Waals surface area contributed by atoms with E-state index >= 15 is 0 Å². The lowest BCUT2D eigenvalue weighted by atomic mass is 9.99. The maximum absolute atomic E-state index is 5.03. The van der Waals surface area contributed by atoms with Crippen LogP contribution in [0.2, 0.25) is 0 Å². The summed E-state index contributed by atoms with van der Waals surface area (Å²) in [7, 11) is 0. The summed E-state index contributed by atoms with van der Waals surface area (Å²) in [5.41, 5.74) is 10.9. The zero-order valence-electron chi connectivity index (χ0n) is 49.6. The van der Waals surface area contributed by atoms with Crippen LogP contribution in [-0.4, -0.2) is 65.4 Å². The van der Waals surface area contributed by atoms with Crippen molar-refractivity contribution in [3.05, 3.63) is 124 Å². The van der Waals surface area contributed by atoms with Gasteiger partial charge in [0.25, 0.3) is 0 Å². The third kappa shape index (κ3) is 25.0. The van der Waals surface area contributed by atoms with Crippen molar-refractivity contribution < 1.29 is 13.5 Å². The molecule has 7 heterocycles. The monoisotopic (exact) mass is 1040 g/mol. The van der Waals surface area contributed by atoms with Gasteiger partial charge in [0.1, 0.15) is 0 Å². The van der Waals surface area contributed by atoms with Gasteiger partial charge in [0.05, 0.1) is 51.1 Å². The minimum absolute atomic E-state index is 0.329. The molecule has 0 aliphatic carbocycles. The fourth-order valence-corrected chi connectivity index (χ4v) is 6.58. The Bertz CT molecular complexity index is 2300. The zero-order valence-corrected chi connectivity index (χ0v) is 50.4. The van der Waals surface area contributed by atoms with Gasteiger partial charge in [-0.05, 0) is 47.3 Å². The molecule has 0 fully saturated rings. The van der Waals surface area contributed by atoms with Crippen molar-refractivity contribution in [2.24, 2.45) is 0 Å². The molecule has 7 aromatic rings. The van der Waals surface area contributed by atoms with Crippen LogP contribution >= 0.6 is 11.3 Å². The van der Waals surface area contributed by atoms with Gasteiger partial charge in [-0.15, -0.1) is 21.5 Å². The molecule has 0 aromatic carbocycles. The van der Waals surface area contributed by atoms with E-state index in [-0.39, 0.29) is 0 Å². The van der Waals surface area contributed by atoms with Crippen molar-refractivity contribution >= 4 is 11.3 Å². The Morgan fingerprint density at radius 2 is 0.851 bits per heavy atom. The molecule has 7 rings (SSSR count). The fraction of sp³-hybridized carbons (Fsp3) is 0.632. The normalized spacial score (nSPS) is 11.1. The fourth-order valence-electron chi connectivity index (χ4n) is 5.87. The number of aromatic nitrogens is 13. The standard InChI is InChI=1S/C13H22N2.2C10H16N2.C8H14N2O.C6H9NS.2C5H8N2O/c1-8(2)11-7-14-12(9(3)4)13(15-11)10(5)6;1-7(2)9-5-11-6-10(12-9)8(3)4;1-7(2)9-10(8(3)4)12-6-5-11-9;1-5(2)7-9-8(6(3)4)11-10-7;1-5(2)6-3-8-4-7-6;1-4(2)5-7-6-3-8-5;1-4(2)5-6-3-8-7-5/h7-10H,1-6H3;2*5-8H,1-4H3;5-6H,1-4H3;3-5H,1-2H3;2*3-4H,1-2H3. The highest BCUT2D eigenvalue weighted by Gasteiger charge is 2.16. The first-order chi connectivity index (χ1) is 34.7. The lowest BCUT2D eigenvalue weighted by Crippen LogP contribution is -2.08. The second kappa shape index (κ2) is 34.7. The quantitative estimate of drug-likeness (QED) is 0.111. The van der Waals surface area contributed by atoms with Gasteiger partial charge in [0.2, 0.25) is 24.6 Å². The molecule has 410 valence electrons. The van der Waals surface area contributed by atoms with E-state index in [1.807, 2.05) is 65.6 Å². The Labute approximate surface area is 449 Å². The summed E-state index contributed by atoms with van der Waals surface area (Å²) in [4.78, 5) is 38.8. The predicted molar refractivity (Wildman–Crippen MR) is 300 cm³/mol. The third-order valence-corrected chi connectivity index (χ3v) is 11.1. The Kier molecular flexibility index (Phi) is 31.1. The van der Waals surface area contributed by atoms with E-state index in [1.165, 1.54) is 18.5 Å². The van der Waals surface area contributed by atoms with Crippen LogP contribution in [0.15, 0.2) is 68.1 Å². The molecule has 0 saturated heterocycles. The molecule has 7 aromatic heterocycles. The van der Waals surface area contributed by atoms with E-state index in [0.29, 0.717) is 76.9 Å². The van der Waals surface area contributed by atoms with Gasteiger partial charge in [-0.2, -0.15) is 9.97 Å². The molecule has 0 aliphatic rings. The van der Waals surface area contributed by atoms with Gasteiger partial charge < -0.3 is 13.5 Å². The molecule has 0 bridgehead atoms. The molecule has 0 amide bonds. The van der Waals surface area contributed by atoms with Crippen LogP contribution in [0.25, 0.3) is 0 Å². The summed E-state index contributed by atoms with van der Waals surface area (Å²) in [6.45, 7) is 50.7. The van der Waals surface area contributed by atoms with Gasteiger partial charge in [-0.3, -0.25) is 29.9 Å². The lowest BCUT2D eigenvalue weighted by molar-refractivity contribution is 0.359. The molecule has 0 N–H and O–H groups in total. The highest BCUT2D eigenvalue weighted by Crippen LogP contribution is 2.25. The maximum Gasteiger partial charge on any atom is 0.229 e. The van der Waals surface area contributed by atoms with Crippen molar-refractivity contribution in [3.63, 3.8) is 0 Å². The Hall–Kier alpha value is -5.71. The lowest BCUT2D eigenvalue weighted by Gasteiger charge is -2.16. The van der Waals surface area contributed by atoms with Crippen LogP contribution in [-0.2, 0) is 0 Å². The summed E-state index contributed by atoms with van der Waals surface area (Å²) in [5, 5.41) is 16.8. The average Bonchev–Trinajstić information content (AvgIpc) is 4.21. The molecule has 16 nitrogen and oxygen atoms in total. The Balaban J connectivity index is 0.000000436. The number of rotatable bonds is 12. The van der Waals surface area contributed by atoms with Crippen LogP contribution in [0.4, 0.5) is 0 Å². The molecule has 0 saturated carbocycles. The number of hydrogen-bond donors (Lipinski definition) is 0. The third-order valence-electron chi connectivity index (χ3n) is 10.5. The van der Waals surface area contributed by atoms with Crippen molar-refractivity contribution in [2.75, 3.05) is 0 Å². The van der Waals surface area contributed by atoms with E-state index in [4.69, 9.17) is 13.9 Å². The van der Waals surface area contributed by atoms with E-state index in [0.717, 1.165) is 57.4 Å². The summed E-state index contributed by atoms with van der Waals surface area (Å²) in [5.74, 6) is 8.21. The summed E-state index contributed by atoms with van der Waals surface area (Å²) in [6, 6.07) is 0. The second-order valence-corrected chi connectivity index (χ2v) is 22.3.